The van der Waals surface area contributed by atoms with Gasteiger partial charge >= 0.3 is 10.1 Å². The van der Waals surface area contributed by atoms with Crippen molar-refractivity contribution in [1.29, 1.82) is 0 Å². The molecule has 2 aromatic rings. The van der Waals surface area contributed by atoms with Crippen LogP contribution in [0.2, 0.25) is 0 Å². The van der Waals surface area contributed by atoms with Crippen LogP contribution in [0.1, 0.15) is 11.3 Å². The maximum absolute atomic E-state index is 10.9. The molecular weight excluding hydrogens is 266 g/mol. The van der Waals surface area contributed by atoms with Crippen molar-refractivity contribution in [2.45, 2.75) is 13.1 Å². The first-order chi connectivity index (χ1) is 9.03. The molecule has 0 atom stereocenters. The second kappa shape index (κ2) is 5.90. The first-order valence-corrected chi connectivity index (χ1v) is 7.56. The van der Waals surface area contributed by atoms with Crippen LogP contribution in [0.15, 0.2) is 47.1 Å². The Morgan fingerprint density at radius 3 is 2.47 bits per heavy atom. The Bertz CT molecular complexity index is 603. The van der Waals surface area contributed by atoms with Crippen LogP contribution in [0.3, 0.4) is 0 Å². The van der Waals surface area contributed by atoms with E-state index in [0.717, 1.165) is 17.6 Å². The SMILES string of the molecule is CS(=O)(=O)Oc1ccc(CNCc2ccco2)cc1. The van der Waals surface area contributed by atoms with Crippen molar-refractivity contribution in [1.82, 2.24) is 5.32 Å². The molecule has 102 valence electrons. The Hall–Kier alpha value is -1.79. The third-order valence-corrected chi connectivity index (χ3v) is 2.87. The van der Waals surface area contributed by atoms with Gasteiger partial charge in [-0.2, -0.15) is 8.42 Å². The molecule has 1 heterocycles. The standard InChI is InChI=1S/C13H15NO4S/c1-19(15,16)18-12-6-4-11(5-7-12)9-14-10-13-3-2-8-17-13/h2-8,14H,9-10H2,1H3. The lowest BCUT2D eigenvalue weighted by Crippen LogP contribution is -2.12. The zero-order valence-corrected chi connectivity index (χ0v) is 11.3. The molecule has 1 N–H and O–H groups in total. The molecule has 2 rings (SSSR count). The van der Waals surface area contributed by atoms with E-state index in [9.17, 15) is 8.42 Å². The molecule has 0 fully saturated rings. The largest absolute Gasteiger partial charge is 0.468 e. The summed E-state index contributed by atoms with van der Waals surface area (Å²) < 4.78 is 31.8. The predicted octanol–water partition coefficient (Wildman–Crippen LogP) is 1.91. The van der Waals surface area contributed by atoms with E-state index in [4.69, 9.17) is 8.60 Å². The second-order valence-corrected chi connectivity index (χ2v) is 5.69. The molecule has 0 saturated carbocycles. The van der Waals surface area contributed by atoms with Crippen LogP contribution >= 0.6 is 0 Å². The van der Waals surface area contributed by atoms with Crippen molar-refractivity contribution in [3.63, 3.8) is 0 Å². The van der Waals surface area contributed by atoms with Gasteiger partial charge in [-0.3, -0.25) is 0 Å². The average Bonchev–Trinajstić information content (AvgIpc) is 2.82. The van der Waals surface area contributed by atoms with Crippen molar-refractivity contribution < 1.29 is 17.0 Å². The van der Waals surface area contributed by atoms with Crippen LogP contribution in [-0.4, -0.2) is 14.7 Å². The number of hydrogen-bond acceptors (Lipinski definition) is 5. The van der Waals surface area contributed by atoms with Crippen LogP contribution in [0, 0.1) is 0 Å². The molecule has 0 unspecified atom stereocenters. The van der Waals surface area contributed by atoms with E-state index < -0.39 is 10.1 Å². The van der Waals surface area contributed by atoms with Crippen molar-refractivity contribution in [2.75, 3.05) is 6.26 Å². The van der Waals surface area contributed by atoms with Crippen molar-refractivity contribution in [2.24, 2.45) is 0 Å². The van der Waals surface area contributed by atoms with Crippen LogP contribution in [0.4, 0.5) is 0 Å². The highest BCUT2D eigenvalue weighted by molar-refractivity contribution is 7.86. The Morgan fingerprint density at radius 2 is 1.89 bits per heavy atom. The second-order valence-electron chi connectivity index (χ2n) is 4.11. The maximum atomic E-state index is 10.9. The minimum Gasteiger partial charge on any atom is -0.468 e. The van der Waals surface area contributed by atoms with Gasteiger partial charge in [0, 0.05) is 6.54 Å². The number of benzene rings is 1. The molecule has 1 aromatic heterocycles. The summed E-state index contributed by atoms with van der Waals surface area (Å²) in [6.45, 7) is 1.31. The van der Waals surface area contributed by atoms with Crippen LogP contribution in [0.5, 0.6) is 5.75 Å². The lowest BCUT2D eigenvalue weighted by molar-refractivity contribution is 0.482. The molecule has 1 aromatic carbocycles. The van der Waals surface area contributed by atoms with Gasteiger partial charge in [0.25, 0.3) is 0 Å². The van der Waals surface area contributed by atoms with E-state index in [-0.39, 0.29) is 0 Å². The molecule has 0 saturated heterocycles. The van der Waals surface area contributed by atoms with Crippen LogP contribution in [-0.2, 0) is 23.2 Å². The fraction of sp³-hybridized carbons (Fsp3) is 0.231. The highest BCUT2D eigenvalue weighted by Gasteiger charge is 2.03. The monoisotopic (exact) mass is 281 g/mol. The summed E-state index contributed by atoms with van der Waals surface area (Å²) in [5.41, 5.74) is 1.03. The van der Waals surface area contributed by atoms with Gasteiger partial charge in [0.2, 0.25) is 0 Å². The molecule has 19 heavy (non-hydrogen) atoms. The van der Waals surface area contributed by atoms with Crippen molar-refractivity contribution in [3.8, 4) is 5.75 Å². The lowest BCUT2D eigenvalue weighted by Gasteiger charge is -2.05. The van der Waals surface area contributed by atoms with E-state index in [1.165, 1.54) is 0 Å². The minimum atomic E-state index is -3.46. The van der Waals surface area contributed by atoms with E-state index in [0.29, 0.717) is 18.8 Å². The Morgan fingerprint density at radius 1 is 1.16 bits per heavy atom. The summed E-state index contributed by atoms with van der Waals surface area (Å²) >= 11 is 0. The fourth-order valence-corrected chi connectivity index (χ4v) is 2.04. The first kappa shape index (κ1) is 13.6. The molecule has 0 radical (unpaired) electrons. The van der Waals surface area contributed by atoms with Gasteiger partial charge < -0.3 is 13.9 Å². The number of furan rings is 1. The van der Waals surface area contributed by atoms with Gasteiger partial charge in [-0.15, -0.1) is 0 Å². The van der Waals surface area contributed by atoms with E-state index in [1.807, 2.05) is 24.3 Å². The molecular formula is C13H15NO4S. The Kier molecular flexibility index (Phi) is 4.24. The third-order valence-electron chi connectivity index (χ3n) is 2.38. The predicted molar refractivity (Wildman–Crippen MR) is 71.2 cm³/mol. The van der Waals surface area contributed by atoms with Crippen LogP contribution in [0.25, 0.3) is 0 Å². The average molecular weight is 281 g/mol. The Balaban J connectivity index is 1.85. The lowest BCUT2D eigenvalue weighted by atomic mass is 10.2. The van der Waals surface area contributed by atoms with Crippen molar-refractivity contribution in [3.05, 3.63) is 54.0 Å². The van der Waals surface area contributed by atoms with Gasteiger partial charge in [0.05, 0.1) is 19.1 Å². The molecule has 0 bridgehead atoms. The Labute approximate surface area is 112 Å². The van der Waals surface area contributed by atoms with Gasteiger partial charge in [-0.05, 0) is 29.8 Å². The number of nitrogens with one attached hydrogen (secondary N) is 1. The first-order valence-electron chi connectivity index (χ1n) is 5.74. The topological polar surface area (TPSA) is 68.5 Å². The molecule has 0 aliphatic rings. The highest BCUT2D eigenvalue weighted by Crippen LogP contribution is 2.14. The van der Waals surface area contributed by atoms with E-state index >= 15 is 0 Å². The van der Waals surface area contributed by atoms with Crippen LogP contribution < -0.4 is 9.50 Å². The molecule has 0 amide bonds. The molecule has 0 spiro atoms. The van der Waals surface area contributed by atoms with E-state index in [2.05, 4.69) is 5.32 Å². The third kappa shape index (κ3) is 4.76. The highest BCUT2D eigenvalue weighted by atomic mass is 32.2. The minimum absolute atomic E-state index is 0.317. The van der Waals surface area contributed by atoms with Gasteiger partial charge in [0.15, 0.2) is 0 Å². The normalized spacial score (nSPS) is 11.4. The zero-order valence-electron chi connectivity index (χ0n) is 10.5. The summed E-state index contributed by atoms with van der Waals surface area (Å²) in [5, 5.41) is 3.22. The summed E-state index contributed by atoms with van der Waals surface area (Å²) in [4.78, 5) is 0. The smallest absolute Gasteiger partial charge is 0.306 e. The molecule has 0 aliphatic carbocycles. The summed E-state index contributed by atoms with van der Waals surface area (Å²) in [6.07, 6.45) is 2.65. The quantitative estimate of drug-likeness (QED) is 0.819. The van der Waals surface area contributed by atoms with Gasteiger partial charge in [-0.1, -0.05) is 12.1 Å². The summed E-state index contributed by atoms with van der Waals surface area (Å²) in [7, 11) is -3.46. The van der Waals surface area contributed by atoms with Gasteiger partial charge in [0.1, 0.15) is 11.5 Å². The van der Waals surface area contributed by atoms with Gasteiger partial charge in [-0.25, -0.2) is 0 Å². The number of hydrogen-bond donors (Lipinski definition) is 1. The van der Waals surface area contributed by atoms with E-state index in [1.54, 1.807) is 18.4 Å². The molecule has 6 heteroatoms. The molecule has 0 aliphatic heterocycles. The zero-order chi connectivity index (χ0) is 13.7. The maximum Gasteiger partial charge on any atom is 0.306 e. The van der Waals surface area contributed by atoms with Crippen molar-refractivity contribution >= 4 is 10.1 Å². The molecule has 5 nitrogen and oxygen atoms in total. The summed E-state index contributed by atoms with van der Waals surface area (Å²) in [6, 6.07) is 10.6. The fourth-order valence-electron chi connectivity index (χ4n) is 1.58. The number of rotatable bonds is 6. The summed E-state index contributed by atoms with van der Waals surface area (Å²) in [5.74, 6) is 1.19.